The van der Waals surface area contributed by atoms with E-state index in [-0.39, 0.29) is 49.1 Å². The van der Waals surface area contributed by atoms with Crippen molar-refractivity contribution >= 4 is 55.0 Å². The highest BCUT2D eigenvalue weighted by molar-refractivity contribution is 6.06. The summed E-state index contributed by atoms with van der Waals surface area (Å²) in [4.78, 5) is 55.5. The molecule has 7 rings (SSSR count). The van der Waals surface area contributed by atoms with Crippen LogP contribution in [0.1, 0.15) is 16.8 Å². The number of hydrogen-bond acceptors (Lipinski definition) is 7. The average molecular weight is 572 g/mol. The molecule has 1 N–H and O–H groups in total. The number of nitrogens with one attached hydrogen (secondary N) is 1. The Labute approximate surface area is 234 Å². The van der Waals surface area contributed by atoms with E-state index < -0.39 is 39.4 Å². The smallest absolute Gasteiger partial charge is 0.256 e. The Balaban J connectivity index is 1.41. The summed E-state index contributed by atoms with van der Waals surface area (Å²) in [5, 5.41) is 3.08. The summed E-state index contributed by atoms with van der Waals surface area (Å²) in [6.07, 6.45) is 1.87. The fourth-order valence-corrected chi connectivity index (χ4v) is 5.77. The van der Waals surface area contributed by atoms with Gasteiger partial charge in [0.25, 0.3) is 5.91 Å². The van der Waals surface area contributed by atoms with E-state index in [1.165, 1.54) is 22.7 Å². The lowest BCUT2D eigenvalue weighted by Crippen LogP contribution is -2.38. The zero-order valence-electron chi connectivity index (χ0n) is 22.2. The molecule has 212 valence electrons. The van der Waals surface area contributed by atoms with Crippen LogP contribution in [0.5, 0.6) is 0 Å². The summed E-state index contributed by atoms with van der Waals surface area (Å²) < 4.78 is 42.2. The molecule has 0 unspecified atom stereocenters. The Kier molecular flexibility index (Phi) is 6.21. The number of nitrogens with zero attached hydrogens (tertiary/aromatic N) is 2. The van der Waals surface area contributed by atoms with Crippen molar-refractivity contribution in [3.63, 3.8) is 0 Å². The standard InChI is InChI=1S/C31H23F2N3O6/c32-22-12-20-26-30(25(22)33)42-24-14-19-18(27(37)16-4-1-2-5-17(16)28(19)38)13-23(24)36(26)15-21(29(20)39)31(40)34-6-3-7-35-8-10-41-11-9-35/h1-2,4-5,12-15H,3,6-11H2,(H,34,40). The molecule has 0 atom stereocenters. The molecule has 6 aromatic rings. The average Bonchev–Trinajstić information content (AvgIpc) is 3.01. The zero-order valence-corrected chi connectivity index (χ0v) is 22.2. The summed E-state index contributed by atoms with van der Waals surface area (Å²) in [5.41, 5.74) is -2.38. The molecule has 0 spiro atoms. The van der Waals surface area contributed by atoms with Crippen molar-refractivity contribution in [1.82, 2.24) is 14.6 Å². The first-order chi connectivity index (χ1) is 20.3. The third kappa shape index (κ3) is 4.04. The molecule has 1 aliphatic rings. The minimum absolute atomic E-state index is 0.0342. The number of halogens is 2. The van der Waals surface area contributed by atoms with Crippen LogP contribution < -0.4 is 21.6 Å². The van der Waals surface area contributed by atoms with Gasteiger partial charge >= 0.3 is 0 Å². The summed E-state index contributed by atoms with van der Waals surface area (Å²) in [5.74, 6) is -3.33. The molecule has 11 heteroatoms. The van der Waals surface area contributed by atoms with Crippen LogP contribution in [-0.4, -0.2) is 54.6 Å². The number of benzene rings is 4. The normalized spacial score (nSPS) is 14.5. The Morgan fingerprint density at radius 1 is 0.881 bits per heavy atom. The molecule has 9 nitrogen and oxygen atoms in total. The van der Waals surface area contributed by atoms with Crippen LogP contribution in [-0.2, 0) is 4.74 Å². The number of fused-ring (bicyclic) bond motifs is 4. The highest BCUT2D eigenvalue weighted by atomic mass is 19.2. The number of carbonyl (C=O) groups is 1. The summed E-state index contributed by atoms with van der Waals surface area (Å²) in [6.45, 7) is 3.95. The van der Waals surface area contributed by atoms with Crippen LogP contribution in [0, 0.1) is 11.6 Å². The predicted molar refractivity (Wildman–Crippen MR) is 154 cm³/mol. The van der Waals surface area contributed by atoms with Crippen molar-refractivity contribution in [2.45, 2.75) is 6.42 Å². The molecule has 42 heavy (non-hydrogen) atoms. The second-order valence-electron chi connectivity index (χ2n) is 10.4. The van der Waals surface area contributed by atoms with Crippen molar-refractivity contribution in [3.8, 4) is 0 Å². The van der Waals surface area contributed by atoms with E-state index in [0.29, 0.717) is 26.2 Å². The van der Waals surface area contributed by atoms with Gasteiger partial charge in [-0.2, -0.15) is 4.39 Å². The van der Waals surface area contributed by atoms with Crippen LogP contribution in [0.3, 0.4) is 0 Å². The first-order valence-corrected chi connectivity index (χ1v) is 13.5. The van der Waals surface area contributed by atoms with Crippen LogP contribution in [0.4, 0.5) is 8.78 Å². The fraction of sp³-hybridized carbons (Fsp3) is 0.226. The van der Waals surface area contributed by atoms with Crippen molar-refractivity contribution in [2.75, 3.05) is 39.4 Å². The number of ether oxygens (including phenoxy) is 1. The molecule has 1 aliphatic heterocycles. The quantitative estimate of drug-likeness (QED) is 0.192. The molecule has 0 aliphatic carbocycles. The molecule has 2 aromatic heterocycles. The van der Waals surface area contributed by atoms with Gasteiger partial charge in [-0.15, -0.1) is 0 Å². The number of amides is 1. The molecular weight excluding hydrogens is 548 g/mol. The molecule has 4 aromatic carbocycles. The van der Waals surface area contributed by atoms with Gasteiger partial charge in [0.15, 0.2) is 27.8 Å². The summed E-state index contributed by atoms with van der Waals surface area (Å²) >= 11 is 0. The van der Waals surface area contributed by atoms with E-state index in [9.17, 15) is 23.6 Å². The molecule has 0 bridgehead atoms. The molecular formula is C31H23F2N3O6. The van der Waals surface area contributed by atoms with Crippen molar-refractivity contribution in [3.05, 3.63) is 96.5 Å². The van der Waals surface area contributed by atoms with E-state index in [4.69, 9.17) is 9.15 Å². The van der Waals surface area contributed by atoms with E-state index >= 15 is 4.39 Å². The molecule has 1 fully saturated rings. The van der Waals surface area contributed by atoms with Crippen molar-refractivity contribution < 1.29 is 22.7 Å². The zero-order chi connectivity index (χ0) is 29.1. The maximum Gasteiger partial charge on any atom is 0.256 e. The van der Waals surface area contributed by atoms with Gasteiger partial charge in [0.2, 0.25) is 11.2 Å². The molecule has 0 saturated carbocycles. The van der Waals surface area contributed by atoms with Gasteiger partial charge in [-0.05, 0) is 31.2 Å². The van der Waals surface area contributed by atoms with Crippen LogP contribution in [0.15, 0.2) is 67.5 Å². The number of carbonyl (C=O) groups excluding carboxylic acids is 1. The second-order valence-corrected chi connectivity index (χ2v) is 10.4. The molecule has 1 amide bonds. The Bertz CT molecular complexity index is 2260. The highest BCUT2D eigenvalue weighted by Crippen LogP contribution is 2.31. The lowest BCUT2D eigenvalue weighted by Gasteiger charge is -2.26. The minimum atomic E-state index is -1.33. The van der Waals surface area contributed by atoms with Gasteiger partial charge in [0, 0.05) is 47.4 Å². The van der Waals surface area contributed by atoms with Gasteiger partial charge in [-0.25, -0.2) is 4.39 Å². The molecule has 0 radical (unpaired) electrons. The summed E-state index contributed by atoms with van der Waals surface area (Å²) in [7, 11) is 0. The van der Waals surface area contributed by atoms with E-state index in [1.54, 1.807) is 24.3 Å². The number of hydrogen-bond donors (Lipinski definition) is 1. The third-order valence-electron chi connectivity index (χ3n) is 7.90. The maximum atomic E-state index is 15.0. The predicted octanol–water partition coefficient (Wildman–Crippen LogP) is 3.39. The lowest BCUT2D eigenvalue weighted by atomic mass is 10.0. The van der Waals surface area contributed by atoms with E-state index in [0.717, 1.165) is 25.7 Å². The number of rotatable bonds is 5. The monoisotopic (exact) mass is 571 g/mol. The largest absolute Gasteiger partial charge is 0.450 e. The van der Waals surface area contributed by atoms with Gasteiger partial charge in [-0.1, -0.05) is 24.3 Å². The van der Waals surface area contributed by atoms with Crippen LogP contribution in [0.2, 0.25) is 0 Å². The van der Waals surface area contributed by atoms with Gasteiger partial charge in [0.1, 0.15) is 11.1 Å². The first kappa shape index (κ1) is 26.2. The topological polar surface area (TPSA) is 110 Å². The summed E-state index contributed by atoms with van der Waals surface area (Å²) in [6, 6.07) is 9.86. The fourth-order valence-electron chi connectivity index (χ4n) is 5.77. The highest BCUT2D eigenvalue weighted by Gasteiger charge is 2.24. The Morgan fingerprint density at radius 3 is 2.29 bits per heavy atom. The number of aromatic nitrogens is 1. The van der Waals surface area contributed by atoms with E-state index in [2.05, 4.69) is 10.2 Å². The van der Waals surface area contributed by atoms with Crippen LogP contribution >= 0.6 is 0 Å². The number of morpholine rings is 1. The first-order valence-electron chi connectivity index (χ1n) is 13.5. The Hall–Kier alpha value is -4.74. The van der Waals surface area contributed by atoms with Crippen molar-refractivity contribution in [1.29, 1.82) is 0 Å². The van der Waals surface area contributed by atoms with Crippen molar-refractivity contribution in [2.24, 2.45) is 0 Å². The van der Waals surface area contributed by atoms with Gasteiger partial charge < -0.3 is 18.9 Å². The second kappa shape index (κ2) is 9.97. The third-order valence-corrected chi connectivity index (χ3v) is 7.90. The lowest BCUT2D eigenvalue weighted by molar-refractivity contribution is 0.0374. The van der Waals surface area contributed by atoms with Gasteiger partial charge in [0.05, 0.1) is 24.1 Å². The Morgan fingerprint density at radius 2 is 1.57 bits per heavy atom. The van der Waals surface area contributed by atoms with Gasteiger partial charge in [-0.3, -0.25) is 24.1 Å². The maximum absolute atomic E-state index is 15.0. The molecule has 3 heterocycles. The molecule has 1 saturated heterocycles. The minimum Gasteiger partial charge on any atom is -0.450 e. The van der Waals surface area contributed by atoms with Crippen LogP contribution in [0.25, 0.3) is 49.1 Å². The van der Waals surface area contributed by atoms with E-state index in [1.807, 2.05) is 0 Å². The number of pyridine rings is 1. The SMILES string of the molecule is O=C(NCCCN1CCOCC1)c1cn2c3cc4c(=O)c5ccccc5c(=O)c4cc3oc3c(F)c(F)cc(c1=O)c32.